The van der Waals surface area contributed by atoms with Gasteiger partial charge in [0.25, 0.3) is 0 Å². The van der Waals surface area contributed by atoms with E-state index in [9.17, 15) is 9.59 Å². The van der Waals surface area contributed by atoms with Crippen molar-refractivity contribution < 1.29 is 14.3 Å². The molecular weight excluding hydrogens is 216 g/mol. The molecule has 17 heavy (non-hydrogen) atoms. The van der Waals surface area contributed by atoms with Gasteiger partial charge in [-0.15, -0.1) is 0 Å². The Morgan fingerprint density at radius 3 is 2.29 bits per heavy atom. The number of esters is 2. The fraction of sp³-hybridized carbons (Fsp3) is 0.429. The summed E-state index contributed by atoms with van der Waals surface area (Å²) in [5.74, 6) is -0.565. The standard InChI is InChI=1S/C14H16O3/c1-7(2)5-10-6-8(3)9(4)11-12(10)14(16)17-13(11)15/h6-7H,5H2,1-4H3. The van der Waals surface area contributed by atoms with E-state index in [0.717, 1.165) is 23.1 Å². The highest BCUT2D eigenvalue weighted by Gasteiger charge is 2.34. The number of ether oxygens (including phenoxy) is 1. The molecule has 0 N–H and O–H groups in total. The van der Waals surface area contributed by atoms with Gasteiger partial charge in [-0.2, -0.15) is 0 Å². The van der Waals surface area contributed by atoms with E-state index in [-0.39, 0.29) is 0 Å². The fourth-order valence-electron chi connectivity index (χ4n) is 2.26. The topological polar surface area (TPSA) is 43.4 Å². The Morgan fingerprint density at radius 2 is 1.71 bits per heavy atom. The summed E-state index contributed by atoms with van der Waals surface area (Å²) in [4.78, 5) is 23.3. The average molecular weight is 232 g/mol. The number of fused-ring (bicyclic) bond motifs is 1. The second-order valence-electron chi connectivity index (χ2n) is 5.00. The number of aryl methyl sites for hydroxylation is 1. The van der Waals surface area contributed by atoms with Crippen LogP contribution in [0.3, 0.4) is 0 Å². The van der Waals surface area contributed by atoms with Gasteiger partial charge in [-0.1, -0.05) is 19.9 Å². The molecule has 0 bridgehead atoms. The van der Waals surface area contributed by atoms with Crippen molar-refractivity contribution in [1.29, 1.82) is 0 Å². The van der Waals surface area contributed by atoms with Gasteiger partial charge >= 0.3 is 11.9 Å². The predicted octanol–water partition coefficient (Wildman–Crippen LogP) is 2.81. The Labute approximate surface area is 101 Å². The van der Waals surface area contributed by atoms with E-state index in [0.29, 0.717) is 17.0 Å². The fourth-order valence-corrected chi connectivity index (χ4v) is 2.26. The maximum Gasteiger partial charge on any atom is 0.347 e. The van der Waals surface area contributed by atoms with Crippen LogP contribution in [0.2, 0.25) is 0 Å². The molecule has 1 aliphatic rings. The Balaban J connectivity index is 2.67. The summed E-state index contributed by atoms with van der Waals surface area (Å²) in [6.45, 7) is 7.98. The van der Waals surface area contributed by atoms with E-state index in [2.05, 4.69) is 13.8 Å². The van der Waals surface area contributed by atoms with Crippen molar-refractivity contribution in [2.45, 2.75) is 34.1 Å². The Bertz CT molecular complexity index is 513. The van der Waals surface area contributed by atoms with Crippen molar-refractivity contribution in [3.63, 3.8) is 0 Å². The summed E-state index contributed by atoms with van der Waals surface area (Å²) in [5, 5.41) is 0. The third-order valence-electron chi connectivity index (χ3n) is 3.15. The predicted molar refractivity (Wildman–Crippen MR) is 64.2 cm³/mol. The molecular formula is C14H16O3. The third-order valence-corrected chi connectivity index (χ3v) is 3.15. The summed E-state index contributed by atoms with van der Waals surface area (Å²) < 4.78 is 4.71. The second-order valence-corrected chi connectivity index (χ2v) is 5.00. The summed E-state index contributed by atoms with van der Waals surface area (Å²) in [7, 11) is 0. The van der Waals surface area contributed by atoms with Crippen LogP contribution >= 0.6 is 0 Å². The number of hydrogen-bond donors (Lipinski definition) is 0. The van der Waals surface area contributed by atoms with Crippen LogP contribution in [0.15, 0.2) is 6.07 Å². The number of carbonyl (C=O) groups is 2. The van der Waals surface area contributed by atoms with Crippen molar-refractivity contribution in [1.82, 2.24) is 0 Å². The van der Waals surface area contributed by atoms with E-state index in [1.165, 1.54) is 0 Å². The van der Waals surface area contributed by atoms with Crippen LogP contribution in [0.5, 0.6) is 0 Å². The molecule has 3 nitrogen and oxygen atoms in total. The van der Waals surface area contributed by atoms with Crippen LogP contribution in [-0.2, 0) is 11.2 Å². The van der Waals surface area contributed by atoms with Crippen LogP contribution in [-0.4, -0.2) is 11.9 Å². The normalized spacial score (nSPS) is 14.2. The molecule has 0 fully saturated rings. The van der Waals surface area contributed by atoms with E-state index in [1.54, 1.807) is 0 Å². The zero-order valence-corrected chi connectivity index (χ0v) is 10.6. The summed E-state index contributed by atoms with van der Waals surface area (Å²) in [6.07, 6.45) is 0.784. The first-order valence-electron chi connectivity index (χ1n) is 5.81. The minimum Gasteiger partial charge on any atom is -0.386 e. The number of benzene rings is 1. The van der Waals surface area contributed by atoms with Crippen LogP contribution in [0, 0.1) is 19.8 Å². The lowest BCUT2D eigenvalue weighted by Gasteiger charge is -2.11. The zero-order chi connectivity index (χ0) is 12.7. The lowest BCUT2D eigenvalue weighted by molar-refractivity contribution is 0.0443. The molecule has 0 atom stereocenters. The van der Waals surface area contributed by atoms with Gasteiger partial charge in [0, 0.05) is 0 Å². The van der Waals surface area contributed by atoms with Crippen molar-refractivity contribution in [2.75, 3.05) is 0 Å². The van der Waals surface area contributed by atoms with Crippen LogP contribution in [0.1, 0.15) is 51.3 Å². The summed E-state index contributed by atoms with van der Waals surface area (Å²) in [5.41, 5.74) is 3.75. The van der Waals surface area contributed by atoms with Crippen LogP contribution in [0.25, 0.3) is 0 Å². The highest BCUT2D eigenvalue weighted by atomic mass is 16.6. The molecule has 0 radical (unpaired) electrons. The molecule has 0 spiro atoms. The zero-order valence-electron chi connectivity index (χ0n) is 10.6. The Morgan fingerprint density at radius 1 is 1.12 bits per heavy atom. The van der Waals surface area contributed by atoms with Crippen molar-refractivity contribution in [2.24, 2.45) is 5.92 Å². The Kier molecular flexibility index (Phi) is 2.77. The van der Waals surface area contributed by atoms with E-state index in [1.807, 2.05) is 19.9 Å². The maximum atomic E-state index is 11.7. The monoisotopic (exact) mass is 232 g/mol. The van der Waals surface area contributed by atoms with E-state index < -0.39 is 11.9 Å². The molecule has 1 aliphatic heterocycles. The average Bonchev–Trinajstić information content (AvgIpc) is 2.49. The smallest absolute Gasteiger partial charge is 0.347 e. The highest BCUT2D eigenvalue weighted by Crippen LogP contribution is 2.30. The van der Waals surface area contributed by atoms with Crippen LogP contribution in [0.4, 0.5) is 0 Å². The lowest BCUT2D eigenvalue weighted by atomic mass is 9.90. The first-order chi connectivity index (χ1) is 7.91. The van der Waals surface area contributed by atoms with Crippen molar-refractivity contribution >= 4 is 11.9 Å². The summed E-state index contributed by atoms with van der Waals surface area (Å²) >= 11 is 0. The molecule has 0 aromatic heterocycles. The first kappa shape index (κ1) is 11.8. The molecule has 3 heteroatoms. The van der Waals surface area contributed by atoms with Gasteiger partial charge in [-0.05, 0) is 42.9 Å². The molecule has 0 saturated heterocycles. The van der Waals surface area contributed by atoms with Gasteiger partial charge in [0.1, 0.15) is 0 Å². The Hall–Kier alpha value is -1.64. The molecule has 0 unspecified atom stereocenters. The number of cyclic esters (lactones) is 2. The van der Waals surface area contributed by atoms with Gasteiger partial charge < -0.3 is 4.74 Å². The van der Waals surface area contributed by atoms with E-state index >= 15 is 0 Å². The molecule has 0 aliphatic carbocycles. The van der Waals surface area contributed by atoms with Gasteiger partial charge in [-0.3, -0.25) is 0 Å². The highest BCUT2D eigenvalue weighted by molar-refractivity contribution is 6.16. The third kappa shape index (κ3) is 1.86. The minimum absolute atomic E-state index is 0.435. The summed E-state index contributed by atoms with van der Waals surface area (Å²) in [6, 6.07) is 1.99. The first-order valence-corrected chi connectivity index (χ1v) is 5.81. The van der Waals surface area contributed by atoms with Gasteiger partial charge in [-0.25, -0.2) is 9.59 Å². The second kappa shape index (κ2) is 3.99. The number of rotatable bonds is 2. The van der Waals surface area contributed by atoms with Gasteiger partial charge in [0.15, 0.2) is 0 Å². The quantitative estimate of drug-likeness (QED) is 0.581. The van der Waals surface area contributed by atoms with Gasteiger partial charge in [0.2, 0.25) is 0 Å². The van der Waals surface area contributed by atoms with Crippen molar-refractivity contribution in [3.8, 4) is 0 Å². The molecule has 1 aromatic rings. The SMILES string of the molecule is Cc1cc(CC(C)C)c2c(c1C)C(=O)OC2=O. The molecule has 0 amide bonds. The maximum absolute atomic E-state index is 11.7. The van der Waals surface area contributed by atoms with Gasteiger partial charge in [0.05, 0.1) is 11.1 Å². The lowest BCUT2D eigenvalue weighted by Crippen LogP contribution is -2.06. The van der Waals surface area contributed by atoms with Crippen molar-refractivity contribution in [3.05, 3.63) is 33.9 Å². The molecule has 90 valence electrons. The van der Waals surface area contributed by atoms with E-state index in [4.69, 9.17) is 4.74 Å². The number of carbonyl (C=O) groups excluding carboxylic acids is 2. The molecule has 1 heterocycles. The number of hydrogen-bond acceptors (Lipinski definition) is 3. The largest absolute Gasteiger partial charge is 0.386 e. The molecule has 0 saturated carbocycles. The molecule has 1 aromatic carbocycles. The minimum atomic E-state index is -0.504. The molecule has 2 rings (SSSR count). The van der Waals surface area contributed by atoms with Crippen LogP contribution < -0.4 is 0 Å².